The molecule has 1 aliphatic rings. The highest BCUT2D eigenvalue weighted by atomic mass is 19.4. The minimum absolute atomic E-state index is 0.0950. The van der Waals surface area contributed by atoms with Crippen LogP contribution in [0.3, 0.4) is 0 Å². The van der Waals surface area contributed by atoms with Crippen molar-refractivity contribution in [3.05, 3.63) is 11.6 Å². The van der Waals surface area contributed by atoms with Crippen LogP contribution in [-0.4, -0.2) is 21.3 Å². The zero-order valence-electron chi connectivity index (χ0n) is 7.96. The zero-order valence-corrected chi connectivity index (χ0v) is 7.96. The van der Waals surface area contributed by atoms with Gasteiger partial charge in [0.25, 0.3) is 0 Å². The summed E-state index contributed by atoms with van der Waals surface area (Å²) in [7, 11) is 0. The highest BCUT2D eigenvalue weighted by Gasteiger charge is 2.40. The van der Waals surface area contributed by atoms with E-state index in [1.165, 1.54) is 0 Å². The Morgan fingerprint density at radius 3 is 2.73 bits per heavy atom. The van der Waals surface area contributed by atoms with Crippen molar-refractivity contribution in [1.29, 1.82) is 0 Å². The van der Waals surface area contributed by atoms with Gasteiger partial charge in [0.05, 0.1) is 0 Å². The van der Waals surface area contributed by atoms with Gasteiger partial charge in [-0.2, -0.15) is 13.2 Å². The predicted octanol–water partition coefficient (Wildman–Crippen LogP) is 1.13. The van der Waals surface area contributed by atoms with Crippen LogP contribution in [-0.2, 0) is 12.7 Å². The quantitative estimate of drug-likeness (QED) is 0.771. The van der Waals surface area contributed by atoms with Gasteiger partial charge in [-0.1, -0.05) is 0 Å². The number of hydrogen-bond acceptors (Lipinski definition) is 3. The summed E-state index contributed by atoms with van der Waals surface area (Å²) in [6.07, 6.45) is -2.95. The van der Waals surface area contributed by atoms with Gasteiger partial charge >= 0.3 is 6.18 Å². The highest BCUT2D eigenvalue weighted by Crippen LogP contribution is 2.33. The molecule has 2 N–H and O–H groups in total. The fourth-order valence-electron chi connectivity index (χ4n) is 1.90. The minimum Gasteiger partial charge on any atom is -0.330 e. The lowest BCUT2D eigenvalue weighted by Gasteiger charge is -2.22. The first-order valence-electron chi connectivity index (χ1n) is 4.74. The van der Waals surface area contributed by atoms with E-state index >= 15 is 0 Å². The van der Waals surface area contributed by atoms with Crippen LogP contribution in [0.5, 0.6) is 0 Å². The summed E-state index contributed by atoms with van der Waals surface area (Å²) >= 11 is 0. The lowest BCUT2D eigenvalue weighted by Crippen LogP contribution is -2.25. The Kier molecular flexibility index (Phi) is 2.41. The number of alkyl halides is 3. The summed E-state index contributed by atoms with van der Waals surface area (Å²) in [5.41, 5.74) is 5.47. The first-order chi connectivity index (χ1) is 7.04. The molecule has 0 saturated carbocycles. The SMILES string of the molecule is NCC1CCCn2c1nnc2C(F)(F)F. The lowest BCUT2D eigenvalue weighted by atomic mass is 9.99. The van der Waals surface area contributed by atoms with E-state index in [0.29, 0.717) is 25.3 Å². The Morgan fingerprint density at radius 2 is 2.13 bits per heavy atom. The monoisotopic (exact) mass is 220 g/mol. The molecule has 1 atom stereocenters. The van der Waals surface area contributed by atoms with Crippen molar-refractivity contribution in [3.63, 3.8) is 0 Å². The number of hydrogen-bond donors (Lipinski definition) is 1. The fourth-order valence-corrected chi connectivity index (χ4v) is 1.90. The Bertz CT molecular complexity index is 357. The van der Waals surface area contributed by atoms with Gasteiger partial charge in [0, 0.05) is 19.0 Å². The molecular formula is C8H11F3N4. The first-order valence-corrected chi connectivity index (χ1v) is 4.74. The maximum atomic E-state index is 12.5. The molecule has 7 heteroatoms. The number of aromatic nitrogens is 3. The van der Waals surface area contributed by atoms with Crippen LogP contribution >= 0.6 is 0 Å². The lowest BCUT2D eigenvalue weighted by molar-refractivity contribution is -0.147. The maximum Gasteiger partial charge on any atom is 0.451 e. The molecule has 4 nitrogen and oxygen atoms in total. The van der Waals surface area contributed by atoms with Crippen LogP contribution in [0, 0.1) is 0 Å². The molecule has 0 saturated heterocycles. The summed E-state index contributed by atoms with van der Waals surface area (Å²) in [6, 6.07) is 0. The van der Waals surface area contributed by atoms with E-state index in [0.717, 1.165) is 11.0 Å². The van der Waals surface area contributed by atoms with Gasteiger partial charge in [0.1, 0.15) is 5.82 Å². The Balaban J connectivity index is 2.42. The number of halogens is 3. The van der Waals surface area contributed by atoms with E-state index in [1.54, 1.807) is 0 Å². The summed E-state index contributed by atoms with van der Waals surface area (Å²) in [6.45, 7) is 0.643. The molecule has 1 aromatic rings. The van der Waals surface area contributed by atoms with Crippen molar-refractivity contribution in [2.75, 3.05) is 6.54 Å². The van der Waals surface area contributed by atoms with E-state index in [2.05, 4.69) is 10.2 Å². The zero-order chi connectivity index (χ0) is 11.1. The van der Waals surface area contributed by atoms with E-state index in [4.69, 9.17) is 5.73 Å². The van der Waals surface area contributed by atoms with Crippen molar-refractivity contribution in [1.82, 2.24) is 14.8 Å². The molecule has 0 radical (unpaired) electrons. The molecule has 1 unspecified atom stereocenters. The molecule has 0 aromatic carbocycles. The van der Waals surface area contributed by atoms with Crippen LogP contribution < -0.4 is 5.73 Å². The van der Waals surface area contributed by atoms with Crippen LogP contribution in [0.1, 0.15) is 30.4 Å². The molecule has 84 valence electrons. The summed E-state index contributed by atoms with van der Waals surface area (Å²) in [4.78, 5) is 0. The summed E-state index contributed by atoms with van der Waals surface area (Å²) < 4.78 is 38.6. The van der Waals surface area contributed by atoms with Gasteiger partial charge in [-0.15, -0.1) is 10.2 Å². The Morgan fingerprint density at radius 1 is 1.40 bits per heavy atom. The normalized spacial score (nSPS) is 21.5. The largest absolute Gasteiger partial charge is 0.451 e. The van der Waals surface area contributed by atoms with E-state index in [1.807, 2.05) is 0 Å². The van der Waals surface area contributed by atoms with Gasteiger partial charge in [0.15, 0.2) is 0 Å². The summed E-state index contributed by atoms with van der Waals surface area (Å²) in [5.74, 6) is -0.630. The molecule has 0 fully saturated rings. The first kappa shape index (κ1) is 10.4. The van der Waals surface area contributed by atoms with E-state index in [-0.39, 0.29) is 5.92 Å². The summed E-state index contributed by atoms with van der Waals surface area (Å²) in [5, 5.41) is 6.79. The minimum atomic E-state index is -4.43. The standard InChI is InChI=1S/C8H11F3N4/c9-8(10,11)7-14-13-6-5(4-12)2-1-3-15(6)7/h5H,1-4,12H2. The molecule has 0 amide bonds. The molecule has 0 spiro atoms. The van der Waals surface area contributed by atoms with Crippen LogP contribution in [0.2, 0.25) is 0 Å². The van der Waals surface area contributed by atoms with Crippen LogP contribution in [0.15, 0.2) is 0 Å². The molecule has 2 heterocycles. The van der Waals surface area contributed by atoms with Crippen LogP contribution in [0.4, 0.5) is 13.2 Å². The number of fused-ring (bicyclic) bond motifs is 1. The van der Waals surface area contributed by atoms with Gasteiger partial charge in [-0.05, 0) is 12.8 Å². The molecule has 1 aliphatic heterocycles. The third-order valence-electron chi connectivity index (χ3n) is 2.62. The average Bonchev–Trinajstić information content (AvgIpc) is 2.59. The second kappa shape index (κ2) is 3.48. The molecule has 0 aliphatic carbocycles. The van der Waals surface area contributed by atoms with Crippen molar-refractivity contribution < 1.29 is 13.2 Å². The number of nitrogens with two attached hydrogens (primary N) is 1. The number of nitrogens with zero attached hydrogens (tertiary/aromatic N) is 3. The van der Waals surface area contributed by atoms with Crippen molar-refractivity contribution in [3.8, 4) is 0 Å². The predicted molar refractivity (Wildman–Crippen MR) is 46.1 cm³/mol. The smallest absolute Gasteiger partial charge is 0.330 e. The van der Waals surface area contributed by atoms with E-state index < -0.39 is 12.0 Å². The van der Waals surface area contributed by atoms with Gasteiger partial charge in [-0.25, -0.2) is 0 Å². The second-order valence-corrected chi connectivity index (χ2v) is 3.61. The third-order valence-corrected chi connectivity index (χ3v) is 2.62. The number of rotatable bonds is 1. The van der Waals surface area contributed by atoms with Gasteiger partial charge < -0.3 is 10.3 Å². The second-order valence-electron chi connectivity index (χ2n) is 3.61. The Hall–Kier alpha value is -1.11. The highest BCUT2D eigenvalue weighted by molar-refractivity contribution is 5.07. The molecule has 1 aromatic heterocycles. The Labute approximate surface area is 84.3 Å². The van der Waals surface area contributed by atoms with Gasteiger partial charge in [0.2, 0.25) is 5.82 Å². The fraction of sp³-hybridized carbons (Fsp3) is 0.750. The molecule has 15 heavy (non-hydrogen) atoms. The van der Waals surface area contributed by atoms with Crippen LogP contribution in [0.25, 0.3) is 0 Å². The average molecular weight is 220 g/mol. The van der Waals surface area contributed by atoms with Gasteiger partial charge in [-0.3, -0.25) is 0 Å². The maximum absolute atomic E-state index is 12.5. The van der Waals surface area contributed by atoms with Crippen molar-refractivity contribution in [2.24, 2.45) is 5.73 Å². The van der Waals surface area contributed by atoms with Crippen molar-refractivity contribution >= 4 is 0 Å². The third kappa shape index (κ3) is 1.71. The molecular weight excluding hydrogens is 209 g/mol. The topological polar surface area (TPSA) is 56.7 Å². The van der Waals surface area contributed by atoms with E-state index in [9.17, 15) is 13.2 Å². The van der Waals surface area contributed by atoms with Crippen molar-refractivity contribution in [2.45, 2.75) is 31.5 Å². The molecule has 0 bridgehead atoms. The molecule has 2 rings (SSSR count).